The number of sulfonamides is 1. The number of carbonyl (C=O) groups excluding carboxylic acids is 1. The second-order valence-corrected chi connectivity index (χ2v) is 9.28. The summed E-state index contributed by atoms with van der Waals surface area (Å²) in [4.78, 5) is 13.1. The van der Waals surface area contributed by atoms with Gasteiger partial charge in [0, 0.05) is 10.7 Å². The second-order valence-electron chi connectivity index (χ2n) is 7.13. The smallest absolute Gasteiger partial charge is 0.242 e. The lowest BCUT2D eigenvalue weighted by molar-refractivity contribution is -0.117. The molecule has 3 aromatic carbocycles. The number of anilines is 1. The normalized spacial score (nSPS) is 12.4. The molecule has 0 heterocycles. The van der Waals surface area contributed by atoms with Crippen LogP contribution in [0.1, 0.15) is 16.7 Å². The van der Waals surface area contributed by atoms with Crippen molar-refractivity contribution in [2.45, 2.75) is 31.2 Å². The molecule has 3 rings (SSSR count). The molecule has 0 saturated carbocycles. The van der Waals surface area contributed by atoms with Gasteiger partial charge in [-0.2, -0.15) is 4.72 Å². The molecular formula is C23H23ClN2O3S. The van der Waals surface area contributed by atoms with Crippen molar-refractivity contribution in [3.8, 4) is 0 Å². The molecule has 0 fully saturated rings. The largest absolute Gasteiger partial charge is 0.324 e. The van der Waals surface area contributed by atoms with Crippen LogP contribution < -0.4 is 10.0 Å². The highest BCUT2D eigenvalue weighted by Gasteiger charge is 2.26. The molecule has 0 unspecified atom stereocenters. The molecule has 2 N–H and O–H groups in total. The zero-order valence-corrected chi connectivity index (χ0v) is 18.3. The monoisotopic (exact) mass is 442 g/mol. The highest BCUT2D eigenvalue weighted by Crippen LogP contribution is 2.18. The molecular weight excluding hydrogens is 420 g/mol. The van der Waals surface area contributed by atoms with Crippen LogP contribution >= 0.6 is 11.6 Å². The molecule has 0 spiro atoms. The fourth-order valence-electron chi connectivity index (χ4n) is 3.08. The fourth-order valence-corrected chi connectivity index (χ4v) is 4.40. The molecule has 0 aliphatic rings. The van der Waals surface area contributed by atoms with E-state index in [4.69, 9.17) is 11.6 Å². The highest BCUT2D eigenvalue weighted by atomic mass is 35.5. The molecule has 5 nitrogen and oxygen atoms in total. The third kappa shape index (κ3) is 5.69. The van der Waals surface area contributed by atoms with Crippen LogP contribution in [0.3, 0.4) is 0 Å². The van der Waals surface area contributed by atoms with Crippen LogP contribution in [0.4, 0.5) is 5.69 Å². The van der Waals surface area contributed by atoms with Crippen molar-refractivity contribution in [1.82, 2.24) is 4.72 Å². The maximum atomic E-state index is 13.1. The molecule has 156 valence electrons. The maximum Gasteiger partial charge on any atom is 0.242 e. The van der Waals surface area contributed by atoms with Gasteiger partial charge in [-0.3, -0.25) is 4.79 Å². The van der Waals surface area contributed by atoms with E-state index in [-0.39, 0.29) is 11.3 Å². The van der Waals surface area contributed by atoms with E-state index >= 15 is 0 Å². The molecule has 0 aromatic heterocycles. The van der Waals surface area contributed by atoms with Crippen molar-refractivity contribution in [1.29, 1.82) is 0 Å². The lowest BCUT2D eigenvalue weighted by Gasteiger charge is -2.20. The Morgan fingerprint density at radius 1 is 0.967 bits per heavy atom. The molecule has 0 aliphatic heterocycles. The first kappa shape index (κ1) is 22.0. The van der Waals surface area contributed by atoms with Gasteiger partial charge >= 0.3 is 0 Å². The van der Waals surface area contributed by atoms with E-state index in [0.29, 0.717) is 10.7 Å². The van der Waals surface area contributed by atoms with Gasteiger partial charge in [-0.05, 0) is 61.7 Å². The molecule has 7 heteroatoms. The Morgan fingerprint density at radius 2 is 1.63 bits per heavy atom. The van der Waals surface area contributed by atoms with Crippen LogP contribution in [0.15, 0.2) is 77.7 Å². The van der Waals surface area contributed by atoms with E-state index in [1.54, 1.807) is 0 Å². The average Bonchev–Trinajstić information content (AvgIpc) is 2.70. The molecule has 0 bridgehead atoms. The number of benzene rings is 3. The molecule has 1 amide bonds. The standard InChI is InChI=1S/C23H23ClN2O3S/c1-16-8-13-21(17(2)14-16)25-23(27)22(15-18-6-4-3-5-7-18)26-30(28,29)20-11-9-19(24)10-12-20/h3-14,22,26H,15H2,1-2H3,(H,25,27)/t22-/m0/s1. The number of hydrogen-bond acceptors (Lipinski definition) is 3. The summed E-state index contributed by atoms with van der Waals surface area (Å²) in [6.45, 7) is 3.86. The third-order valence-corrected chi connectivity index (χ3v) is 6.40. The predicted octanol–water partition coefficient (Wildman–Crippen LogP) is 4.49. The molecule has 0 saturated heterocycles. The number of carbonyl (C=O) groups is 1. The summed E-state index contributed by atoms with van der Waals surface area (Å²) in [6, 6.07) is 19.8. The van der Waals surface area contributed by atoms with Crippen LogP contribution in [0.25, 0.3) is 0 Å². The minimum atomic E-state index is -3.92. The number of amides is 1. The van der Waals surface area contributed by atoms with Crippen LogP contribution in [0.5, 0.6) is 0 Å². The zero-order chi connectivity index (χ0) is 21.7. The van der Waals surface area contributed by atoms with Crippen molar-refractivity contribution in [2.24, 2.45) is 0 Å². The summed E-state index contributed by atoms with van der Waals surface area (Å²) in [5, 5.41) is 3.29. The first-order valence-electron chi connectivity index (χ1n) is 9.44. The minimum Gasteiger partial charge on any atom is -0.324 e. The van der Waals surface area contributed by atoms with Gasteiger partial charge < -0.3 is 5.32 Å². The van der Waals surface area contributed by atoms with Gasteiger partial charge in [0.25, 0.3) is 0 Å². The Morgan fingerprint density at radius 3 is 2.27 bits per heavy atom. The van der Waals surface area contributed by atoms with Crippen LogP contribution in [-0.2, 0) is 21.2 Å². The second kappa shape index (κ2) is 9.43. The summed E-state index contributed by atoms with van der Waals surface area (Å²) < 4.78 is 28.3. The predicted molar refractivity (Wildman–Crippen MR) is 120 cm³/mol. The average molecular weight is 443 g/mol. The van der Waals surface area contributed by atoms with E-state index in [2.05, 4.69) is 10.0 Å². The molecule has 0 aliphatic carbocycles. The summed E-state index contributed by atoms with van der Waals surface area (Å²) in [6.07, 6.45) is 0.213. The summed E-state index contributed by atoms with van der Waals surface area (Å²) >= 11 is 5.86. The Hall–Kier alpha value is -2.67. The van der Waals surface area contributed by atoms with Gasteiger partial charge in [0.2, 0.25) is 15.9 Å². The summed E-state index contributed by atoms with van der Waals surface area (Å²) in [5.74, 6) is -0.427. The molecule has 0 radical (unpaired) electrons. The van der Waals surface area contributed by atoms with E-state index < -0.39 is 22.0 Å². The summed E-state index contributed by atoms with van der Waals surface area (Å²) in [7, 11) is -3.92. The minimum absolute atomic E-state index is 0.0456. The van der Waals surface area contributed by atoms with Crippen molar-refractivity contribution in [3.63, 3.8) is 0 Å². The van der Waals surface area contributed by atoms with Crippen molar-refractivity contribution < 1.29 is 13.2 Å². The van der Waals surface area contributed by atoms with Gasteiger partial charge in [-0.1, -0.05) is 59.6 Å². The molecule has 30 heavy (non-hydrogen) atoms. The van der Waals surface area contributed by atoms with E-state index in [0.717, 1.165) is 16.7 Å². The third-order valence-electron chi connectivity index (χ3n) is 4.66. The number of halogens is 1. The quantitative estimate of drug-likeness (QED) is 0.566. The zero-order valence-electron chi connectivity index (χ0n) is 16.7. The van der Waals surface area contributed by atoms with Gasteiger partial charge in [0.15, 0.2) is 0 Å². The number of nitrogens with one attached hydrogen (secondary N) is 2. The van der Waals surface area contributed by atoms with Gasteiger partial charge in [0.05, 0.1) is 4.90 Å². The lowest BCUT2D eigenvalue weighted by atomic mass is 10.1. The van der Waals surface area contributed by atoms with Crippen LogP contribution in [-0.4, -0.2) is 20.4 Å². The van der Waals surface area contributed by atoms with Crippen molar-refractivity contribution in [2.75, 3.05) is 5.32 Å². The first-order valence-corrected chi connectivity index (χ1v) is 11.3. The Bertz CT molecular complexity index is 1130. The topological polar surface area (TPSA) is 75.3 Å². The van der Waals surface area contributed by atoms with E-state index in [1.165, 1.54) is 24.3 Å². The highest BCUT2D eigenvalue weighted by molar-refractivity contribution is 7.89. The van der Waals surface area contributed by atoms with Crippen LogP contribution in [0.2, 0.25) is 5.02 Å². The van der Waals surface area contributed by atoms with Crippen LogP contribution in [0, 0.1) is 13.8 Å². The first-order chi connectivity index (χ1) is 14.2. The number of aryl methyl sites for hydroxylation is 2. The maximum absolute atomic E-state index is 13.1. The van der Waals surface area contributed by atoms with E-state index in [9.17, 15) is 13.2 Å². The lowest BCUT2D eigenvalue weighted by Crippen LogP contribution is -2.45. The van der Waals surface area contributed by atoms with Gasteiger partial charge in [-0.25, -0.2) is 8.42 Å². The Balaban J connectivity index is 1.87. The Kier molecular flexibility index (Phi) is 6.92. The Labute approximate surface area is 182 Å². The van der Waals surface area contributed by atoms with Gasteiger partial charge in [0.1, 0.15) is 6.04 Å². The SMILES string of the molecule is Cc1ccc(NC(=O)[C@H](Cc2ccccc2)NS(=O)(=O)c2ccc(Cl)cc2)c(C)c1. The fraction of sp³-hybridized carbons (Fsp3) is 0.174. The summed E-state index contributed by atoms with van der Waals surface area (Å²) in [5.41, 5.74) is 3.48. The number of rotatable bonds is 7. The van der Waals surface area contributed by atoms with E-state index in [1.807, 2.05) is 62.4 Å². The van der Waals surface area contributed by atoms with Gasteiger partial charge in [-0.15, -0.1) is 0 Å². The van der Waals surface area contributed by atoms with Crippen molar-refractivity contribution in [3.05, 3.63) is 94.5 Å². The van der Waals surface area contributed by atoms with Crippen molar-refractivity contribution >= 4 is 33.2 Å². The number of hydrogen-bond donors (Lipinski definition) is 2. The molecule has 1 atom stereocenters. The molecule has 3 aromatic rings.